The predicted molar refractivity (Wildman–Crippen MR) is 77.2 cm³/mol. The Morgan fingerprint density at radius 3 is 2.79 bits per heavy atom. The van der Waals surface area contributed by atoms with Crippen molar-refractivity contribution in [1.29, 1.82) is 0 Å². The van der Waals surface area contributed by atoms with Crippen LogP contribution in [0.15, 0.2) is 10.6 Å². The normalized spacial score (nSPS) is 21.0. The van der Waals surface area contributed by atoms with Crippen LogP contribution in [0.1, 0.15) is 51.7 Å². The first-order valence-corrected chi connectivity index (χ1v) is 7.32. The Balaban J connectivity index is 1.84. The third kappa shape index (κ3) is 4.32. The highest BCUT2D eigenvalue weighted by molar-refractivity contribution is 5.05. The molecule has 1 fully saturated rings. The van der Waals surface area contributed by atoms with Crippen LogP contribution in [-0.4, -0.2) is 36.1 Å². The van der Waals surface area contributed by atoms with E-state index in [1.54, 1.807) is 0 Å². The fourth-order valence-corrected chi connectivity index (χ4v) is 2.48. The molecule has 4 nitrogen and oxygen atoms in total. The number of nitrogens with one attached hydrogen (secondary N) is 1. The summed E-state index contributed by atoms with van der Waals surface area (Å²) < 4.78 is 5.83. The number of rotatable bonds is 4. The first-order chi connectivity index (χ1) is 8.95. The van der Waals surface area contributed by atoms with Crippen molar-refractivity contribution in [2.45, 2.75) is 58.0 Å². The fourth-order valence-electron chi connectivity index (χ4n) is 2.48. The standard InChI is InChI=1S/C15H27N3O/c1-15(2,3)13-9-17-14(19-13)11-18(4)10-12-7-5-6-8-16-12/h9,12,16H,5-8,10-11H2,1-4H3. The lowest BCUT2D eigenvalue weighted by molar-refractivity contribution is 0.232. The van der Waals surface area contributed by atoms with Gasteiger partial charge in [-0.25, -0.2) is 4.98 Å². The van der Waals surface area contributed by atoms with Crippen LogP contribution in [0.5, 0.6) is 0 Å². The molecule has 1 N–H and O–H groups in total. The molecular formula is C15H27N3O. The third-order valence-corrected chi connectivity index (χ3v) is 3.64. The molecule has 0 aliphatic carbocycles. The van der Waals surface area contributed by atoms with Crippen molar-refractivity contribution in [1.82, 2.24) is 15.2 Å². The average molecular weight is 265 g/mol. The van der Waals surface area contributed by atoms with Gasteiger partial charge in [-0.15, -0.1) is 0 Å². The third-order valence-electron chi connectivity index (χ3n) is 3.64. The van der Waals surface area contributed by atoms with Crippen LogP contribution in [0.3, 0.4) is 0 Å². The maximum Gasteiger partial charge on any atom is 0.208 e. The molecule has 0 radical (unpaired) electrons. The lowest BCUT2D eigenvalue weighted by Crippen LogP contribution is -2.42. The van der Waals surface area contributed by atoms with E-state index in [1.165, 1.54) is 19.3 Å². The second-order valence-electron chi connectivity index (χ2n) is 6.71. The molecule has 0 aromatic carbocycles. The van der Waals surface area contributed by atoms with E-state index in [0.717, 1.165) is 31.3 Å². The van der Waals surface area contributed by atoms with Gasteiger partial charge in [-0.2, -0.15) is 0 Å². The van der Waals surface area contributed by atoms with Crippen molar-refractivity contribution in [3.8, 4) is 0 Å². The van der Waals surface area contributed by atoms with Gasteiger partial charge < -0.3 is 9.73 Å². The molecule has 0 saturated carbocycles. The van der Waals surface area contributed by atoms with E-state index in [-0.39, 0.29) is 5.41 Å². The summed E-state index contributed by atoms with van der Waals surface area (Å²) in [5.41, 5.74) is 0.0365. The number of aromatic nitrogens is 1. The van der Waals surface area contributed by atoms with Gasteiger partial charge in [0, 0.05) is 18.0 Å². The van der Waals surface area contributed by atoms with Crippen molar-refractivity contribution in [3.63, 3.8) is 0 Å². The van der Waals surface area contributed by atoms with Gasteiger partial charge in [0.2, 0.25) is 5.89 Å². The van der Waals surface area contributed by atoms with Crippen molar-refractivity contribution < 1.29 is 4.42 Å². The van der Waals surface area contributed by atoms with Gasteiger partial charge in [0.1, 0.15) is 5.76 Å². The molecule has 2 heterocycles. The van der Waals surface area contributed by atoms with Gasteiger partial charge in [-0.3, -0.25) is 4.90 Å². The largest absolute Gasteiger partial charge is 0.444 e. The van der Waals surface area contributed by atoms with E-state index in [1.807, 2.05) is 6.20 Å². The minimum absolute atomic E-state index is 0.0365. The highest BCUT2D eigenvalue weighted by atomic mass is 16.4. The van der Waals surface area contributed by atoms with E-state index in [4.69, 9.17) is 4.42 Å². The summed E-state index contributed by atoms with van der Waals surface area (Å²) in [6, 6.07) is 0.621. The van der Waals surface area contributed by atoms with Crippen LogP contribution in [0, 0.1) is 0 Å². The minimum Gasteiger partial charge on any atom is -0.444 e. The molecule has 1 aromatic heterocycles. The van der Waals surface area contributed by atoms with Crippen LogP contribution >= 0.6 is 0 Å². The Kier molecular flexibility index (Phi) is 4.63. The lowest BCUT2D eigenvalue weighted by Gasteiger charge is -2.27. The number of nitrogens with zero attached hydrogens (tertiary/aromatic N) is 2. The molecule has 4 heteroatoms. The summed E-state index contributed by atoms with van der Waals surface area (Å²) in [6.45, 7) is 9.44. The second-order valence-corrected chi connectivity index (χ2v) is 6.71. The molecule has 0 amide bonds. The summed E-state index contributed by atoms with van der Waals surface area (Å²) in [5, 5.41) is 3.57. The Morgan fingerprint density at radius 2 is 2.21 bits per heavy atom. The van der Waals surface area contributed by atoms with E-state index in [0.29, 0.717) is 6.04 Å². The van der Waals surface area contributed by atoms with Gasteiger partial charge in [-0.1, -0.05) is 27.2 Å². The Morgan fingerprint density at radius 1 is 1.42 bits per heavy atom. The number of piperidine rings is 1. The minimum atomic E-state index is 0.0365. The van der Waals surface area contributed by atoms with Crippen LogP contribution < -0.4 is 5.32 Å². The molecule has 1 aromatic rings. The Bertz CT molecular complexity index is 388. The summed E-state index contributed by atoms with van der Waals surface area (Å²) in [7, 11) is 2.14. The molecule has 1 saturated heterocycles. The number of oxazole rings is 1. The highest BCUT2D eigenvalue weighted by Gasteiger charge is 2.20. The van der Waals surface area contributed by atoms with Crippen molar-refractivity contribution in [3.05, 3.63) is 17.8 Å². The van der Waals surface area contributed by atoms with Crippen molar-refractivity contribution in [2.24, 2.45) is 0 Å². The molecule has 1 aliphatic rings. The van der Waals surface area contributed by atoms with Crippen molar-refractivity contribution in [2.75, 3.05) is 20.1 Å². The summed E-state index contributed by atoms with van der Waals surface area (Å²) in [5.74, 6) is 1.79. The first kappa shape index (κ1) is 14.5. The fraction of sp³-hybridized carbons (Fsp3) is 0.800. The number of likely N-dealkylation sites (N-methyl/N-ethyl adjacent to an activating group) is 1. The molecule has 2 rings (SSSR count). The zero-order valence-electron chi connectivity index (χ0n) is 12.7. The molecule has 108 valence electrons. The SMILES string of the molecule is CN(Cc1ncc(C(C)(C)C)o1)CC1CCCCN1. The van der Waals surface area contributed by atoms with Crippen LogP contribution in [-0.2, 0) is 12.0 Å². The van der Waals surface area contributed by atoms with Crippen LogP contribution in [0.25, 0.3) is 0 Å². The maximum atomic E-state index is 5.83. The second kappa shape index (κ2) is 6.06. The molecular weight excluding hydrogens is 238 g/mol. The molecule has 0 bridgehead atoms. The summed E-state index contributed by atoms with van der Waals surface area (Å²) in [6.07, 6.45) is 5.80. The number of hydrogen-bond donors (Lipinski definition) is 1. The molecule has 1 aliphatic heterocycles. The van der Waals surface area contributed by atoms with E-state index >= 15 is 0 Å². The molecule has 1 atom stereocenters. The summed E-state index contributed by atoms with van der Waals surface area (Å²) in [4.78, 5) is 6.68. The molecule has 19 heavy (non-hydrogen) atoms. The maximum absolute atomic E-state index is 5.83. The summed E-state index contributed by atoms with van der Waals surface area (Å²) >= 11 is 0. The predicted octanol–water partition coefficient (Wildman–Crippen LogP) is 2.55. The smallest absolute Gasteiger partial charge is 0.208 e. The monoisotopic (exact) mass is 265 g/mol. The van der Waals surface area contributed by atoms with Gasteiger partial charge in [0.15, 0.2) is 0 Å². The first-order valence-electron chi connectivity index (χ1n) is 7.32. The highest BCUT2D eigenvalue weighted by Crippen LogP contribution is 2.23. The lowest BCUT2D eigenvalue weighted by atomic mass is 9.94. The van der Waals surface area contributed by atoms with Gasteiger partial charge in [0.05, 0.1) is 12.7 Å². The van der Waals surface area contributed by atoms with Crippen LogP contribution in [0.2, 0.25) is 0 Å². The average Bonchev–Trinajstić information content (AvgIpc) is 2.78. The Labute approximate surface area is 116 Å². The zero-order chi connectivity index (χ0) is 13.9. The molecule has 1 unspecified atom stereocenters. The Hall–Kier alpha value is -0.870. The van der Waals surface area contributed by atoms with Gasteiger partial charge in [0.25, 0.3) is 0 Å². The molecule has 0 spiro atoms. The quantitative estimate of drug-likeness (QED) is 0.908. The van der Waals surface area contributed by atoms with Gasteiger partial charge >= 0.3 is 0 Å². The van der Waals surface area contributed by atoms with Crippen LogP contribution in [0.4, 0.5) is 0 Å². The zero-order valence-corrected chi connectivity index (χ0v) is 12.7. The van der Waals surface area contributed by atoms with E-state index in [2.05, 4.69) is 43.0 Å². The number of hydrogen-bond acceptors (Lipinski definition) is 4. The van der Waals surface area contributed by atoms with Crippen molar-refractivity contribution >= 4 is 0 Å². The topological polar surface area (TPSA) is 41.3 Å². The van der Waals surface area contributed by atoms with Gasteiger partial charge in [-0.05, 0) is 26.4 Å². The van der Waals surface area contributed by atoms with E-state index in [9.17, 15) is 0 Å². The van der Waals surface area contributed by atoms with E-state index < -0.39 is 0 Å².